The molecule has 0 spiro atoms. The summed E-state index contributed by atoms with van der Waals surface area (Å²) in [5.41, 5.74) is -0.0511. The van der Waals surface area contributed by atoms with Crippen LogP contribution >= 0.6 is 0 Å². The van der Waals surface area contributed by atoms with Gasteiger partial charge in [0, 0.05) is 37.4 Å². The largest absolute Gasteiger partial charge is 0.491 e. The smallest absolute Gasteiger partial charge is 0.218 e. The number of piperidine rings is 1. The highest BCUT2D eigenvalue weighted by atomic mass is 16.5. The summed E-state index contributed by atoms with van der Waals surface area (Å²) in [7, 11) is 1.62. The molecule has 0 unspecified atom stereocenters. The standard InChI is InChI=1S/C19H24N4O3/c1-24-18-10-17(21-14-22-18)23-8-5-16-19(12-23,6-3-9-25-16)13-26-15-4-2-7-20-11-15/h2,4,7,10-11,14,16H,3,5-6,8-9,12-13H2,1H3/t16-,19+/m1/s1. The Bertz CT molecular complexity index is 730. The van der Waals surface area contributed by atoms with Gasteiger partial charge in [0.15, 0.2) is 0 Å². The van der Waals surface area contributed by atoms with Gasteiger partial charge in [0.1, 0.15) is 17.9 Å². The summed E-state index contributed by atoms with van der Waals surface area (Å²) < 4.78 is 17.5. The van der Waals surface area contributed by atoms with Crippen molar-refractivity contribution in [1.82, 2.24) is 15.0 Å². The number of pyridine rings is 1. The Kier molecular flexibility index (Phi) is 4.88. The fraction of sp³-hybridized carbons (Fsp3) is 0.526. The van der Waals surface area contributed by atoms with Crippen LogP contribution in [0, 0.1) is 5.41 Å². The highest BCUT2D eigenvalue weighted by molar-refractivity contribution is 5.42. The van der Waals surface area contributed by atoms with E-state index >= 15 is 0 Å². The van der Waals surface area contributed by atoms with Crippen LogP contribution in [0.5, 0.6) is 11.6 Å². The van der Waals surface area contributed by atoms with E-state index in [0.29, 0.717) is 12.5 Å². The van der Waals surface area contributed by atoms with E-state index in [-0.39, 0.29) is 11.5 Å². The molecular weight excluding hydrogens is 332 g/mol. The summed E-state index contributed by atoms with van der Waals surface area (Å²) in [5.74, 6) is 2.27. The Morgan fingerprint density at radius 2 is 2.35 bits per heavy atom. The first-order chi connectivity index (χ1) is 12.8. The van der Waals surface area contributed by atoms with E-state index in [0.717, 1.165) is 50.5 Å². The van der Waals surface area contributed by atoms with Gasteiger partial charge in [0.05, 0.1) is 26.0 Å². The maximum Gasteiger partial charge on any atom is 0.218 e. The Labute approximate surface area is 153 Å². The normalized spacial score (nSPS) is 25.4. The van der Waals surface area contributed by atoms with E-state index in [1.807, 2.05) is 18.2 Å². The number of ether oxygens (including phenoxy) is 3. The van der Waals surface area contributed by atoms with Crippen LogP contribution in [0.2, 0.25) is 0 Å². The average Bonchev–Trinajstić information content (AvgIpc) is 2.72. The van der Waals surface area contributed by atoms with Crippen molar-refractivity contribution in [1.29, 1.82) is 0 Å². The van der Waals surface area contributed by atoms with E-state index in [2.05, 4.69) is 19.9 Å². The van der Waals surface area contributed by atoms with Gasteiger partial charge in [-0.1, -0.05) is 0 Å². The zero-order valence-electron chi connectivity index (χ0n) is 15.0. The Balaban J connectivity index is 1.54. The molecule has 0 saturated carbocycles. The molecule has 0 N–H and O–H groups in total. The number of rotatable bonds is 5. The van der Waals surface area contributed by atoms with Crippen LogP contribution in [0.25, 0.3) is 0 Å². The Morgan fingerprint density at radius 3 is 3.19 bits per heavy atom. The van der Waals surface area contributed by atoms with Gasteiger partial charge in [-0.15, -0.1) is 0 Å². The number of fused-ring (bicyclic) bond motifs is 1. The monoisotopic (exact) mass is 356 g/mol. The van der Waals surface area contributed by atoms with Gasteiger partial charge in [-0.2, -0.15) is 0 Å². The van der Waals surface area contributed by atoms with E-state index in [1.165, 1.54) is 0 Å². The van der Waals surface area contributed by atoms with Gasteiger partial charge in [-0.05, 0) is 31.4 Å². The van der Waals surface area contributed by atoms with Crippen LogP contribution in [0.4, 0.5) is 5.82 Å². The maximum absolute atomic E-state index is 6.12. The lowest BCUT2D eigenvalue weighted by molar-refractivity contribution is -0.109. The van der Waals surface area contributed by atoms with Crippen LogP contribution in [0.15, 0.2) is 36.9 Å². The molecule has 7 nitrogen and oxygen atoms in total. The van der Waals surface area contributed by atoms with Crippen molar-refractivity contribution in [2.75, 3.05) is 38.3 Å². The summed E-state index contributed by atoms with van der Waals surface area (Å²) in [5, 5.41) is 0. The van der Waals surface area contributed by atoms with E-state index in [4.69, 9.17) is 14.2 Å². The number of aromatic nitrogens is 3. The fourth-order valence-corrected chi connectivity index (χ4v) is 3.97. The first kappa shape index (κ1) is 17.0. The molecule has 7 heteroatoms. The van der Waals surface area contributed by atoms with Gasteiger partial charge >= 0.3 is 0 Å². The van der Waals surface area contributed by atoms with Crippen LogP contribution in [-0.2, 0) is 4.74 Å². The van der Waals surface area contributed by atoms with E-state index < -0.39 is 0 Å². The Morgan fingerprint density at radius 1 is 1.38 bits per heavy atom. The van der Waals surface area contributed by atoms with Gasteiger partial charge < -0.3 is 19.1 Å². The minimum absolute atomic E-state index is 0.0511. The fourth-order valence-electron chi connectivity index (χ4n) is 3.97. The second-order valence-electron chi connectivity index (χ2n) is 6.93. The van der Waals surface area contributed by atoms with Crippen molar-refractivity contribution in [2.24, 2.45) is 5.41 Å². The van der Waals surface area contributed by atoms with Crippen molar-refractivity contribution >= 4 is 5.82 Å². The molecule has 2 atom stereocenters. The number of hydrogen-bond acceptors (Lipinski definition) is 7. The summed E-state index contributed by atoms with van der Waals surface area (Å²) in [6, 6.07) is 5.72. The lowest BCUT2D eigenvalue weighted by Crippen LogP contribution is -2.57. The molecule has 4 rings (SSSR count). The summed E-state index contributed by atoms with van der Waals surface area (Å²) in [6.45, 7) is 3.19. The number of anilines is 1. The van der Waals surface area contributed by atoms with Crippen LogP contribution in [0.3, 0.4) is 0 Å². The van der Waals surface area contributed by atoms with E-state index in [9.17, 15) is 0 Å². The predicted molar refractivity (Wildman–Crippen MR) is 96.6 cm³/mol. The Hall–Kier alpha value is -2.41. The average molecular weight is 356 g/mol. The van der Waals surface area contributed by atoms with Crippen molar-refractivity contribution in [3.05, 3.63) is 36.9 Å². The molecule has 0 aromatic carbocycles. The second-order valence-corrected chi connectivity index (χ2v) is 6.93. The predicted octanol–water partition coefficient (Wildman–Crippen LogP) is 2.33. The molecule has 2 aromatic rings. The summed E-state index contributed by atoms with van der Waals surface area (Å²) in [6.07, 6.45) is 8.37. The van der Waals surface area contributed by atoms with Crippen molar-refractivity contribution in [2.45, 2.75) is 25.4 Å². The molecule has 138 valence electrons. The minimum Gasteiger partial charge on any atom is -0.491 e. The van der Waals surface area contributed by atoms with Crippen LogP contribution < -0.4 is 14.4 Å². The molecule has 2 saturated heterocycles. The number of nitrogens with zero attached hydrogens (tertiary/aromatic N) is 4. The molecule has 0 aliphatic carbocycles. The van der Waals surface area contributed by atoms with E-state index in [1.54, 1.807) is 25.8 Å². The lowest BCUT2D eigenvalue weighted by Gasteiger charge is -2.50. The minimum atomic E-state index is -0.0511. The molecule has 2 aliphatic rings. The molecule has 2 fully saturated rings. The number of hydrogen-bond donors (Lipinski definition) is 0. The highest BCUT2D eigenvalue weighted by Crippen LogP contribution is 2.41. The molecular formula is C19H24N4O3. The lowest BCUT2D eigenvalue weighted by atomic mass is 9.73. The molecule has 2 aliphatic heterocycles. The summed E-state index contributed by atoms with van der Waals surface area (Å²) in [4.78, 5) is 15.0. The van der Waals surface area contributed by atoms with Crippen LogP contribution in [-0.4, -0.2) is 54.5 Å². The maximum atomic E-state index is 6.12. The highest BCUT2D eigenvalue weighted by Gasteiger charge is 2.47. The molecule has 26 heavy (non-hydrogen) atoms. The zero-order chi connectivity index (χ0) is 17.8. The third-order valence-corrected chi connectivity index (χ3v) is 5.31. The third kappa shape index (κ3) is 3.44. The first-order valence-electron chi connectivity index (χ1n) is 9.04. The topological polar surface area (TPSA) is 69.6 Å². The third-order valence-electron chi connectivity index (χ3n) is 5.31. The van der Waals surface area contributed by atoms with Gasteiger partial charge in [0.2, 0.25) is 5.88 Å². The molecule has 0 bridgehead atoms. The first-order valence-corrected chi connectivity index (χ1v) is 9.04. The number of methoxy groups -OCH3 is 1. The van der Waals surface area contributed by atoms with Gasteiger partial charge in [-0.25, -0.2) is 9.97 Å². The summed E-state index contributed by atoms with van der Waals surface area (Å²) >= 11 is 0. The van der Waals surface area contributed by atoms with Crippen molar-refractivity contribution < 1.29 is 14.2 Å². The van der Waals surface area contributed by atoms with Crippen molar-refractivity contribution in [3.8, 4) is 11.6 Å². The van der Waals surface area contributed by atoms with Crippen molar-refractivity contribution in [3.63, 3.8) is 0 Å². The molecule has 4 heterocycles. The molecule has 2 aromatic heterocycles. The quantitative estimate of drug-likeness (QED) is 0.814. The van der Waals surface area contributed by atoms with Gasteiger partial charge in [0.25, 0.3) is 0 Å². The van der Waals surface area contributed by atoms with Crippen LogP contribution in [0.1, 0.15) is 19.3 Å². The molecule has 0 amide bonds. The van der Waals surface area contributed by atoms with Gasteiger partial charge in [-0.3, -0.25) is 4.98 Å². The second kappa shape index (κ2) is 7.45. The SMILES string of the molecule is COc1cc(N2CC[C@H]3OCCC[C@@]3(COc3cccnc3)C2)ncn1. The zero-order valence-corrected chi connectivity index (χ0v) is 15.0. The molecule has 0 radical (unpaired) electrons.